The molecule has 1 aromatic carbocycles. The minimum atomic E-state index is 0.465. The third kappa shape index (κ3) is 2.49. The minimum absolute atomic E-state index is 0.465. The first-order valence-electron chi connectivity index (χ1n) is 5.10. The minimum Gasteiger partial charge on any atom is -0.379 e. The molecule has 1 aliphatic rings. The predicted molar refractivity (Wildman–Crippen MR) is 61.4 cm³/mol. The van der Waals surface area contributed by atoms with E-state index in [2.05, 4.69) is 53.9 Å². The molecule has 2 rings (SSSR count). The molecule has 72 valence electrons. The predicted octanol–water partition coefficient (Wildman–Crippen LogP) is 3.37. The lowest BCUT2D eigenvalue weighted by atomic mass is 10.1. The highest BCUT2D eigenvalue weighted by molar-refractivity contribution is 5.44. The van der Waals surface area contributed by atoms with E-state index in [9.17, 15) is 0 Å². The highest BCUT2D eigenvalue weighted by atomic mass is 14.9. The summed E-state index contributed by atoms with van der Waals surface area (Å²) in [5, 5.41) is 3.49. The van der Waals surface area contributed by atoms with Crippen LogP contribution in [0.2, 0.25) is 0 Å². The molecule has 0 saturated heterocycles. The second-order valence-corrected chi connectivity index (χ2v) is 3.51. The van der Waals surface area contributed by atoms with Gasteiger partial charge < -0.3 is 5.32 Å². The van der Waals surface area contributed by atoms with Crippen LogP contribution in [0, 0.1) is 0 Å². The molecule has 0 aromatic heterocycles. The topological polar surface area (TPSA) is 12.0 Å². The maximum absolute atomic E-state index is 3.49. The van der Waals surface area contributed by atoms with Crippen molar-refractivity contribution in [3.05, 3.63) is 54.6 Å². The van der Waals surface area contributed by atoms with Crippen LogP contribution in [0.3, 0.4) is 0 Å². The largest absolute Gasteiger partial charge is 0.379 e. The molecule has 1 nitrogen and oxygen atoms in total. The van der Waals surface area contributed by atoms with Crippen molar-refractivity contribution < 1.29 is 0 Å². The van der Waals surface area contributed by atoms with E-state index in [0.29, 0.717) is 6.04 Å². The van der Waals surface area contributed by atoms with Gasteiger partial charge in [0.15, 0.2) is 0 Å². The number of rotatable bonds is 2. The maximum Gasteiger partial charge on any atom is 0.0450 e. The Labute approximate surface area is 85.2 Å². The molecule has 1 unspecified atom stereocenters. The number of hydrogen-bond donors (Lipinski definition) is 1. The van der Waals surface area contributed by atoms with Gasteiger partial charge in [0.1, 0.15) is 0 Å². The fourth-order valence-electron chi connectivity index (χ4n) is 1.61. The van der Waals surface area contributed by atoms with Crippen LogP contribution in [0.1, 0.15) is 12.8 Å². The molecule has 0 saturated carbocycles. The van der Waals surface area contributed by atoms with Gasteiger partial charge in [-0.3, -0.25) is 0 Å². The van der Waals surface area contributed by atoms with Gasteiger partial charge in [-0.05, 0) is 25.0 Å². The first kappa shape index (κ1) is 9.07. The Balaban J connectivity index is 1.98. The molecule has 1 aromatic rings. The summed E-state index contributed by atoms with van der Waals surface area (Å²) < 4.78 is 0. The van der Waals surface area contributed by atoms with E-state index in [1.54, 1.807) is 0 Å². The van der Waals surface area contributed by atoms with Gasteiger partial charge >= 0.3 is 0 Å². The Hall–Kier alpha value is -1.50. The van der Waals surface area contributed by atoms with E-state index in [4.69, 9.17) is 0 Å². The smallest absolute Gasteiger partial charge is 0.0450 e. The third-order valence-electron chi connectivity index (χ3n) is 2.36. The Kier molecular flexibility index (Phi) is 3.02. The molecule has 1 heteroatoms. The van der Waals surface area contributed by atoms with Crippen LogP contribution in [0.5, 0.6) is 0 Å². The van der Waals surface area contributed by atoms with E-state index >= 15 is 0 Å². The molecule has 14 heavy (non-hydrogen) atoms. The lowest BCUT2D eigenvalue weighted by molar-refractivity contribution is 0.781. The molecule has 0 radical (unpaired) electrons. The average Bonchev–Trinajstić information content (AvgIpc) is 2.48. The zero-order valence-electron chi connectivity index (χ0n) is 8.19. The zero-order valence-corrected chi connectivity index (χ0v) is 8.19. The Morgan fingerprint density at radius 1 is 1.07 bits per heavy atom. The molecule has 0 spiro atoms. The van der Waals surface area contributed by atoms with E-state index in [1.165, 1.54) is 12.1 Å². The summed E-state index contributed by atoms with van der Waals surface area (Å²) in [5.41, 5.74) is 1.20. The van der Waals surface area contributed by atoms with Crippen molar-refractivity contribution in [3.8, 4) is 0 Å². The van der Waals surface area contributed by atoms with Gasteiger partial charge in [-0.15, -0.1) is 0 Å². The average molecular weight is 185 g/mol. The summed E-state index contributed by atoms with van der Waals surface area (Å²) in [4.78, 5) is 0. The lowest BCUT2D eigenvalue weighted by Gasteiger charge is -2.14. The first-order chi connectivity index (χ1) is 6.95. The van der Waals surface area contributed by atoms with Crippen molar-refractivity contribution in [2.75, 3.05) is 5.32 Å². The number of anilines is 1. The zero-order chi connectivity index (χ0) is 9.64. The second-order valence-electron chi connectivity index (χ2n) is 3.51. The van der Waals surface area contributed by atoms with Gasteiger partial charge in [-0.1, -0.05) is 42.5 Å². The molecule has 0 aliphatic heterocycles. The highest BCUT2D eigenvalue weighted by Crippen LogP contribution is 2.13. The van der Waals surface area contributed by atoms with Crippen molar-refractivity contribution in [2.45, 2.75) is 18.9 Å². The molecular formula is C13H15N. The Morgan fingerprint density at radius 3 is 2.79 bits per heavy atom. The lowest BCUT2D eigenvalue weighted by Crippen LogP contribution is -2.15. The first-order valence-corrected chi connectivity index (χ1v) is 5.10. The van der Waals surface area contributed by atoms with Crippen LogP contribution in [0.15, 0.2) is 54.6 Å². The van der Waals surface area contributed by atoms with Gasteiger partial charge in [0, 0.05) is 11.7 Å². The maximum atomic E-state index is 3.49. The van der Waals surface area contributed by atoms with Crippen molar-refractivity contribution in [1.29, 1.82) is 0 Å². The highest BCUT2D eigenvalue weighted by Gasteiger charge is 2.03. The molecular weight excluding hydrogens is 170 g/mol. The molecule has 0 fully saturated rings. The fraction of sp³-hybridized carbons (Fsp3) is 0.231. The molecule has 0 bridgehead atoms. The van der Waals surface area contributed by atoms with Crippen molar-refractivity contribution in [3.63, 3.8) is 0 Å². The number of allylic oxidation sites excluding steroid dienone is 3. The van der Waals surface area contributed by atoms with E-state index in [-0.39, 0.29) is 0 Å². The van der Waals surface area contributed by atoms with Crippen LogP contribution in [-0.2, 0) is 0 Å². The summed E-state index contributed by atoms with van der Waals surface area (Å²) in [6.45, 7) is 0. The number of nitrogens with one attached hydrogen (secondary N) is 1. The molecule has 0 amide bonds. The number of para-hydroxylation sites is 1. The quantitative estimate of drug-likeness (QED) is 0.744. The van der Waals surface area contributed by atoms with Gasteiger partial charge in [-0.2, -0.15) is 0 Å². The van der Waals surface area contributed by atoms with E-state index in [0.717, 1.165) is 6.42 Å². The standard InChI is InChI=1S/C13H15N/c1-2-5-9-12(8-4-1)14-13-10-6-3-7-11-13/h1-4,6-8,10-12,14H,5,9H2. The molecule has 1 aliphatic carbocycles. The number of benzene rings is 1. The van der Waals surface area contributed by atoms with Gasteiger partial charge in [-0.25, -0.2) is 0 Å². The Morgan fingerprint density at radius 2 is 1.93 bits per heavy atom. The van der Waals surface area contributed by atoms with E-state index < -0.39 is 0 Å². The van der Waals surface area contributed by atoms with Gasteiger partial charge in [0.05, 0.1) is 0 Å². The molecule has 1 N–H and O–H groups in total. The van der Waals surface area contributed by atoms with Crippen LogP contribution < -0.4 is 5.32 Å². The fourth-order valence-corrected chi connectivity index (χ4v) is 1.61. The van der Waals surface area contributed by atoms with Gasteiger partial charge in [0.2, 0.25) is 0 Å². The summed E-state index contributed by atoms with van der Waals surface area (Å²) in [6.07, 6.45) is 11.0. The summed E-state index contributed by atoms with van der Waals surface area (Å²) in [7, 11) is 0. The SMILES string of the molecule is C1=CCCC(Nc2ccccc2)C=C1. The normalized spacial score (nSPS) is 20.4. The van der Waals surface area contributed by atoms with Crippen molar-refractivity contribution in [1.82, 2.24) is 0 Å². The summed E-state index contributed by atoms with van der Waals surface area (Å²) >= 11 is 0. The van der Waals surface area contributed by atoms with Crippen LogP contribution in [0.25, 0.3) is 0 Å². The van der Waals surface area contributed by atoms with Crippen LogP contribution >= 0.6 is 0 Å². The monoisotopic (exact) mass is 185 g/mol. The van der Waals surface area contributed by atoms with Crippen LogP contribution in [-0.4, -0.2) is 6.04 Å². The van der Waals surface area contributed by atoms with Crippen molar-refractivity contribution >= 4 is 5.69 Å². The molecule has 1 atom stereocenters. The van der Waals surface area contributed by atoms with Crippen molar-refractivity contribution in [2.24, 2.45) is 0 Å². The van der Waals surface area contributed by atoms with Gasteiger partial charge in [0.25, 0.3) is 0 Å². The Bertz CT molecular complexity index is 324. The van der Waals surface area contributed by atoms with Crippen LogP contribution in [0.4, 0.5) is 5.69 Å². The second kappa shape index (κ2) is 4.66. The van der Waals surface area contributed by atoms with E-state index in [1.807, 2.05) is 6.07 Å². The third-order valence-corrected chi connectivity index (χ3v) is 2.36. The molecule has 0 heterocycles. The summed E-state index contributed by atoms with van der Waals surface area (Å²) in [6, 6.07) is 10.8. The number of hydrogen-bond acceptors (Lipinski definition) is 1. The summed E-state index contributed by atoms with van der Waals surface area (Å²) in [5.74, 6) is 0.